The quantitative estimate of drug-likeness (QED) is 0.801. The molecule has 0 aliphatic rings. The molecule has 0 aliphatic heterocycles. The first-order chi connectivity index (χ1) is 9.28. The fourth-order valence-corrected chi connectivity index (χ4v) is 2.70. The molecule has 1 aromatic heterocycles. The van der Waals surface area contributed by atoms with E-state index in [0.29, 0.717) is 12.5 Å². The van der Waals surface area contributed by atoms with E-state index in [0.717, 1.165) is 4.31 Å². The van der Waals surface area contributed by atoms with Crippen LogP contribution in [-0.4, -0.2) is 49.0 Å². The second-order valence-corrected chi connectivity index (χ2v) is 6.33. The van der Waals surface area contributed by atoms with Crippen molar-refractivity contribution in [1.82, 2.24) is 9.29 Å². The van der Waals surface area contributed by atoms with Gasteiger partial charge in [0.1, 0.15) is 4.90 Å². The Morgan fingerprint density at radius 1 is 1.50 bits per heavy atom. The number of sulfonamides is 1. The van der Waals surface area contributed by atoms with E-state index in [1.54, 1.807) is 6.92 Å². The van der Waals surface area contributed by atoms with Crippen LogP contribution in [0.2, 0.25) is 0 Å². The highest BCUT2D eigenvalue weighted by atomic mass is 32.2. The number of pyridine rings is 1. The van der Waals surface area contributed by atoms with Gasteiger partial charge in [0.25, 0.3) is 0 Å². The lowest BCUT2D eigenvalue weighted by atomic mass is 10.2. The summed E-state index contributed by atoms with van der Waals surface area (Å²) >= 11 is 0. The highest BCUT2D eigenvalue weighted by Gasteiger charge is 2.25. The monoisotopic (exact) mass is 302 g/mol. The summed E-state index contributed by atoms with van der Waals surface area (Å²) in [6, 6.07) is 2.85. The van der Waals surface area contributed by atoms with Crippen LogP contribution in [0.3, 0.4) is 0 Å². The number of hydrogen-bond acceptors (Lipinski definition) is 5. The van der Waals surface area contributed by atoms with E-state index >= 15 is 0 Å². The Labute approximate surface area is 118 Å². The molecule has 112 valence electrons. The van der Waals surface area contributed by atoms with Crippen molar-refractivity contribution in [3.63, 3.8) is 0 Å². The van der Waals surface area contributed by atoms with E-state index in [-0.39, 0.29) is 11.4 Å². The van der Waals surface area contributed by atoms with Crippen LogP contribution in [0.5, 0.6) is 5.88 Å². The molecule has 0 spiro atoms. The normalized spacial score (nSPS) is 13.2. The van der Waals surface area contributed by atoms with Gasteiger partial charge in [0, 0.05) is 19.7 Å². The molecule has 1 heterocycles. The Kier molecular flexibility index (Phi) is 5.46. The minimum atomic E-state index is -3.75. The molecule has 0 saturated heterocycles. The van der Waals surface area contributed by atoms with Crippen LogP contribution in [0.15, 0.2) is 23.2 Å². The number of nitrogens with zero attached hydrogens (tertiary/aromatic N) is 2. The predicted octanol–water partition coefficient (Wildman–Crippen LogP) is 0.821. The van der Waals surface area contributed by atoms with Gasteiger partial charge < -0.3 is 9.84 Å². The maximum Gasteiger partial charge on any atom is 0.307 e. The minimum Gasteiger partial charge on any atom is -0.481 e. The van der Waals surface area contributed by atoms with Crippen LogP contribution in [0.25, 0.3) is 0 Å². The van der Waals surface area contributed by atoms with Gasteiger partial charge in [-0.1, -0.05) is 6.92 Å². The molecule has 1 atom stereocenters. The van der Waals surface area contributed by atoms with Crippen LogP contribution in [-0.2, 0) is 14.8 Å². The maximum absolute atomic E-state index is 12.2. The third-order valence-corrected chi connectivity index (χ3v) is 4.47. The molecular formula is C12H18N2O5S. The van der Waals surface area contributed by atoms with E-state index in [2.05, 4.69) is 4.98 Å². The second-order valence-electron chi connectivity index (χ2n) is 4.29. The topological polar surface area (TPSA) is 96.8 Å². The third-order valence-electron chi connectivity index (χ3n) is 2.66. The Morgan fingerprint density at radius 3 is 2.60 bits per heavy atom. The van der Waals surface area contributed by atoms with Gasteiger partial charge >= 0.3 is 5.97 Å². The molecule has 0 radical (unpaired) electrons. The molecule has 1 aromatic rings. The number of hydrogen-bond donors (Lipinski definition) is 1. The van der Waals surface area contributed by atoms with E-state index in [1.807, 2.05) is 0 Å². The van der Waals surface area contributed by atoms with Crippen molar-refractivity contribution in [3.05, 3.63) is 18.3 Å². The highest BCUT2D eigenvalue weighted by molar-refractivity contribution is 7.89. The molecule has 0 aromatic carbocycles. The predicted molar refractivity (Wildman–Crippen MR) is 72.0 cm³/mol. The van der Waals surface area contributed by atoms with Crippen molar-refractivity contribution in [3.8, 4) is 5.88 Å². The van der Waals surface area contributed by atoms with Crippen LogP contribution in [0.1, 0.15) is 13.8 Å². The molecule has 8 heteroatoms. The van der Waals surface area contributed by atoms with Crippen LogP contribution in [0, 0.1) is 5.92 Å². The summed E-state index contributed by atoms with van der Waals surface area (Å²) < 4.78 is 30.6. The summed E-state index contributed by atoms with van der Waals surface area (Å²) in [5, 5.41) is 8.81. The number of carboxylic acids is 1. The van der Waals surface area contributed by atoms with Gasteiger partial charge in [-0.3, -0.25) is 4.79 Å². The standard InChI is InChI=1S/C12H18N2O5S/c1-4-19-11-6-5-10(7-13-11)20(17,18)14(3)8-9(2)12(15)16/h5-7,9H,4,8H2,1-3H3,(H,15,16). The van der Waals surface area contributed by atoms with Gasteiger partial charge in [-0.2, -0.15) is 0 Å². The van der Waals surface area contributed by atoms with Crippen molar-refractivity contribution in [2.45, 2.75) is 18.7 Å². The lowest BCUT2D eigenvalue weighted by Gasteiger charge is -2.19. The van der Waals surface area contributed by atoms with E-state index in [4.69, 9.17) is 9.84 Å². The number of ether oxygens (including phenoxy) is 1. The number of carbonyl (C=O) groups is 1. The second kappa shape index (κ2) is 6.67. The van der Waals surface area contributed by atoms with Crippen molar-refractivity contribution >= 4 is 16.0 Å². The molecule has 0 aliphatic carbocycles. The average molecular weight is 302 g/mol. The van der Waals surface area contributed by atoms with Crippen LogP contribution in [0.4, 0.5) is 0 Å². The van der Waals surface area contributed by atoms with Crippen molar-refractivity contribution in [1.29, 1.82) is 0 Å². The summed E-state index contributed by atoms with van der Waals surface area (Å²) in [6.45, 7) is 3.58. The van der Waals surface area contributed by atoms with Gasteiger partial charge in [-0.15, -0.1) is 0 Å². The van der Waals surface area contributed by atoms with E-state index in [9.17, 15) is 13.2 Å². The zero-order chi connectivity index (χ0) is 15.3. The first-order valence-corrected chi connectivity index (χ1v) is 7.51. The lowest BCUT2D eigenvalue weighted by Crippen LogP contribution is -2.33. The molecule has 1 unspecified atom stereocenters. The zero-order valence-electron chi connectivity index (χ0n) is 11.6. The van der Waals surface area contributed by atoms with Gasteiger partial charge in [0.15, 0.2) is 0 Å². The van der Waals surface area contributed by atoms with Crippen molar-refractivity contribution in [2.75, 3.05) is 20.2 Å². The summed E-state index contributed by atoms with van der Waals surface area (Å²) in [5.41, 5.74) is 0. The molecule has 1 N–H and O–H groups in total. The Morgan fingerprint density at radius 2 is 2.15 bits per heavy atom. The molecule has 0 fully saturated rings. The summed E-state index contributed by atoms with van der Waals surface area (Å²) in [5.74, 6) is -1.49. The first-order valence-electron chi connectivity index (χ1n) is 6.07. The number of aliphatic carboxylic acids is 1. The Hall–Kier alpha value is -1.67. The molecule has 20 heavy (non-hydrogen) atoms. The van der Waals surface area contributed by atoms with E-state index in [1.165, 1.54) is 32.3 Å². The molecule has 0 saturated carbocycles. The maximum atomic E-state index is 12.2. The minimum absolute atomic E-state index is 0.000965. The summed E-state index contributed by atoms with van der Waals surface area (Å²) in [7, 11) is -2.41. The fourth-order valence-electron chi connectivity index (χ4n) is 1.49. The largest absolute Gasteiger partial charge is 0.481 e. The summed E-state index contributed by atoms with van der Waals surface area (Å²) in [6.07, 6.45) is 1.20. The van der Waals surface area contributed by atoms with Crippen molar-refractivity contribution in [2.24, 2.45) is 5.92 Å². The number of carboxylic acid groups (broad SMARTS) is 1. The molecule has 1 rings (SSSR count). The molecular weight excluding hydrogens is 284 g/mol. The average Bonchev–Trinajstić information content (AvgIpc) is 2.39. The van der Waals surface area contributed by atoms with Gasteiger partial charge in [0.2, 0.25) is 15.9 Å². The zero-order valence-corrected chi connectivity index (χ0v) is 12.4. The van der Waals surface area contributed by atoms with Gasteiger partial charge in [-0.05, 0) is 13.0 Å². The first kappa shape index (κ1) is 16.4. The van der Waals surface area contributed by atoms with E-state index < -0.39 is 21.9 Å². The van der Waals surface area contributed by atoms with Crippen LogP contribution >= 0.6 is 0 Å². The van der Waals surface area contributed by atoms with Crippen molar-refractivity contribution < 1.29 is 23.1 Å². The molecule has 7 nitrogen and oxygen atoms in total. The molecule has 0 amide bonds. The highest BCUT2D eigenvalue weighted by Crippen LogP contribution is 2.17. The number of rotatable bonds is 7. The molecule has 0 bridgehead atoms. The third kappa shape index (κ3) is 3.91. The Balaban J connectivity index is 2.89. The van der Waals surface area contributed by atoms with Gasteiger partial charge in [-0.25, -0.2) is 17.7 Å². The fraction of sp³-hybridized carbons (Fsp3) is 0.500. The smallest absolute Gasteiger partial charge is 0.307 e. The lowest BCUT2D eigenvalue weighted by molar-refractivity contribution is -0.141. The SMILES string of the molecule is CCOc1ccc(S(=O)(=O)N(C)CC(C)C(=O)O)cn1. The van der Waals surface area contributed by atoms with Crippen LogP contribution < -0.4 is 4.74 Å². The summed E-state index contributed by atoms with van der Waals surface area (Å²) in [4.78, 5) is 14.7. The van der Waals surface area contributed by atoms with Gasteiger partial charge in [0.05, 0.1) is 18.7 Å². The Bertz CT molecular complexity index is 556. The number of aromatic nitrogens is 1.